The van der Waals surface area contributed by atoms with E-state index in [0.717, 1.165) is 0 Å². The lowest BCUT2D eigenvalue weighted by Crippen LogP contribution is -2.25. The van der Waals surface area contributed by atoms with Gasteiger partial charge < -0.3 is 10.5 Å². The van der Waals surface area contributed by atoms with Gasteiger partial charge in [0.2, 0.25) is 0 Å². The summed E-state index contributed by atoms with van der Waals surface area (Å²) in [7, 11) is 1.31. The van der Waals surface area contributed by atoms with Crippen LogP contribution in [0.4, 0.5) is 5.82 Å². The average Bonchev–Trinajstić information content (AvgIpc) is 2.45. The van der Waals surface area contributed by atoms with Gasteiger partial charge in [0, 0.05) is 6.07 Å². The third-order valence-electron chi connectivity index (χ3n) is 1.77. The van der Waals surface area contributed by atoms with E-state index in [9.17, 15) is 4.79 Å². The fourth-order valence-electron chi connectivity index (χ4n) is 1.14. The molecule has 0 amide bonds. The number of aromatic nitrogens is 2. The minimum Gasteiger partial charge on any atom is -0.464 e. The largest absolute Gasteiger partial charge is 0.464 e. The molecule has 0 radical (unpaired) electrons. The van der Waals surface area contributed by atoms with E-state index in [1.165, 1.54) is 13.2 Å². The van der Waals surface area contributed by atoms with E-state index in [2.05, 4.69) is 9.84 Å². The Labute approximate surface area is 82.8 Å². The molecule has 0 atom stereocenters. The van der Waals surface area contributed by atoms with E-state index < -0.39 is 5.97 Å². The van der Waals surface area contributed by atoms with Crippen molar-refractivity contribution >= 4 is 11.8 Å². The molecule has 5 nitrogen and oxygen atoms in total. The second-order valence-corrected chi connectivity index (χ2v) is 4.03. The van der Waals surface area contributed by atoms with Crippen LogP contribution in [-0.4, -0.2) is 22.9 Å². The lowest BCUT2D eigenvalue weighted by molar-refractivity contribution is 0.0592. The van der Waals surface area contributed by atoms with Gasteiger partial charge in [0.1, 0.15) is 5.82 Å². The van der Waals surface area contributed by atoms with Crippen molar-refractivity contribution in [3.63, 3.8) is 0 Å². The van der Waals surface area contributed by atoms with E-state index in [0.29, 0.717) is 5.82 Å². The Bertz CT molecular complexity index is 349. The third kappa shape index (κ3) is 1.86. The van der Waals surface area contributed by atoms with Crippen LogP contribution in [0.15, 0.2) is 6.07 Å². The SMILES string of the molecule is COC(=O)c1cc(N)n(C(C)(C)C)n1. The summed E-state index contributed by atoms with van der Waals surface area (Å²) >= 11 is 0. The fourth-order valence-corrected chi connectivity index (χ4v) is 1.14. The average molecular weight is 197 g/mol. The lowest BCUT2D eigenvalue weighted by atomic mass is 10.1. The standard InChI is InChI=1S/C9H15N3O2/c1-9(2,3)12-7(10)5-6(11-12)8(13)14-4/h5H,10H2,1-4H3. The summed E-state index contributed by atoms with van der Waals surface area (Å²) in [5.41, 5.74) is 5.71. The van der Waals surface area contributed by atoms with Crippen LogP contribution < -0.4 is 5.73 Å². The van der Waals surface area contributed by atoms with Crippen molar-refractivity contribution in [1.29, 1.82) is 0 Å². The van der Waals surface area contributed by atoms with Crippen LogP contribution >= 0.6 is 0 Å². The summed E-state index contributed by atoms with van der Waals surface area (Å²) < 4.78 is 6.14. The number of carbonyl (C=O) groups is 1. The zero-order chi connectivity index (χ0) is 10.9. The van der Waals surface area contributed by atoms with Crippen molar-refractivity contribution in [3.05, 3.63) is 11.8 Å². The number of nitrogens with two attached hydrogens (primary N) is 1. The monoisotopic (exact) mass is 197 g/mol. The van der Waals surface area contributed by atoms with Crippen LogP contribution in [0.25, 0.3) is 0 Å². The summed E-state index contributed by atoms with van der Waals surface area (Å²) in [5.74, 6) is -0.0161. The molecule has 0 aliphatic rings. The maximum absolute atomic E-state index is 11.2. The molecule has 1 aromatic heterocycles. The zero-order valence-corrected chi connectivity index (χ0v) is 8.87. The first-order chi connectivity index (χ1) is 6.36. The highest BCUT2D eigenvalue weighted by Crippen LogP contribution is 2.18. The molecule has 0 saturated carbocycles. The van der Waals surface area contributed by atoms with Crippen molar-refractivity contribution in [3.8, 4) is 0 Å². The van der Waals surface area contributed by atoms with Gasteiger partial charge in [-0.2, -0.15) is 5.10 Å². The second kappa shape index (κ2) is 3.32. The first-order valence-electron chi connectivity index (χ1n) is 4.30. The van der Waals surface area contributed by atoms with E-state index in [4.69, 9.17) is 5.73 Å². The summed E-state index contributed by atoms with van der Waals surface area (Å²) in [5, 5.41) is 4.07. The number of anilines is 1. The highest BCUT2D eigenvalue weighted by atomic mass is 16.5. The molecule has 0 spiro atoms. The van der Waals surface area contributed by atoms with Crippen molar-refractivity contribution < 1.29 is 9.53 Å². The van der Waals surface area contributed by atoms with Crippen LogP contribution in [0.5, 0.6) is 0 Å². The minimum atomic E-state index is -0.472. The van der Waals surface area contributed by atoms with Gasteiger partial charge in [-0.3, -0.25) is 0 Å². The molecule has 1 aromatic rings. The number of nitrogens with zero attached hydrogens (tertiary/aromatic N) is 2. The molecule has 78 valence electrons. The maximum Gasteiger partial charge on any atom is 0.358 e. The highest BCUT2D eigenvalue weighted by molar-refractivity contribution is 5.87. The topological polar surface area (TPSA) is 70.1 Å². The molecule has 0 unspecified atom stereocenters. The number of hydrogen-bond acceptors (Lipinski definition) is 4. The Morgan fingerprint density at radius 2 is 2.14 bits per heavy atom. The molecule has 1 rings (SSSR count). The fraction of sp³-hybridized carbons (Fsp3) is 0.556. The van der Waals surface area contributed by atoms with E-state index >= 15 is 0 Å². The third-order valence-corrected chi connectivity index (χ3v) is 1.77. The van der Waals surface area contributed by atoms with Gasteiger partial charge in [-0.15, -0.1) is 0 Å². The molecule has 2 N–H and O–H groups in total. The molecule has 0 aromatic carbocycles. The number of ether oxygens (including phenoxy) is 1. The Morgan fingerprint density at radius 1 is 1.57 bits per heavy atom. The summed E-state index contributed by atoms with van der Waals surface area (Å²) in [4.78, 5) is 11.2. The first kappa shape index (κ1) is 10.6. The number of nitrogen functional groups attached to an aromatic ring is 1. The number of hydrogen-bond donors (Lipinski definition) is 1. The van der Waals surface area contributed by atoms with Crippen LogP contribution in [0, 0.1) is 0 Å². The van der Waals surface area contributed by atoms with Gasteiger partial charge >= 0.3 is 5.97 Å². The number of carbonyl (C=O) groups excluding carboxylic acids is 1. The first-order valence-corrected chi connectivity index (χ1v) is 4.30. The molecule has 14 heavy (non-hydrogen) atoms. The van der Waals surface area contributed by atoms with E-state index in [-0.39, 0.29) is 11.2 Å². The van der Waals surface area contributed by atoms with Gasteiger partial charge in [-0.1, -0.05) is 0 Å². The van der Waals surface area contributed by atoms with Gasteiger partial charge in [0.05, 0.1) is 12.6 Å². The van der Waals surface area contributed by atoms with Gasteiger partial charge in [-0.05, 0) is 20.8 Å². The van der Waals surface area contributed by atoms with Crippen LogP contribution in [0.1, 0.15) is 31.3 Å². The second-order valence-electron chi connectivity index (χ2n) is 4.03. The highest BCUT2D eigenvalue weighted by Gasteiger charge is 2.20. The number of rotatable bonds is 1. The lowest BCUT2D eigenvalue weighted by Gasteiger charge is -2.20. The maximum atomic E-state index is 11.2. The normalized spacial score (nSPS) is 11.4. The van der Waals surface area contributed by atoms with Gasteiger partial charge in [-0.25, -0.2) is 9.48 Å². The molecule has 0 aliphatic heterocycles. The number of methoxy groups -OCH3 is 1. The quantitative estimate of drug-likeness (QED) is 0.682. The van der Waals surface area contributed by atoms with Crippen molar-refractivity contribution in [2.45, 2.75) is 26.3 Å². The van der Waals surface area contributed by atoms with Crippen molar-refractivity contribution in [2.75, 3.05) is 12.8 Å². The molecule has 0 fully saturated rings. The van der Waals surface area contributed by atoms with Crippen LogP contribution in [0.2, 0.25) is 0 Å². The van der Waals surface area contributed by atoms with Crippen molar-refractivity contribution in [1.82, 2.24) is 9.78 Å². The zero-order valence-electron chi connectivity index (χ0n) is 8.87. The van der Waals surface area contributed by atoms with Crippen LogP contribution in [0.3, 0.4) is 0 Å². The predicted molar refractivity (Wildman–Crippen MR) is 53.0 cm³/mol. The molecular weight excluding hydrogens is 182 g/mol. The summed E-state index contributed by atoms with van der Waals surface area (Å²) in [6.45, 7) is 5.87. The van der Waals surface area contributed by atoms with Crippen LogP contribution in [-0.2, 0) is 10.3 Å². The molecule has 0 aliphatic carbocycles. The molecule has 1 heterocycles. The van der Waals surface area contributed by atoms with E-state index in [1.807, 2.05) is 20.8 Å². The predicted octanol–water partition coefficient (Wildman–Crippen LogP) is 1.01. The number of esters is 1. The molecule has 0 bridgehead atoms. The summed E-state index contributed by atoms with van der Waals surface area (Å²) in [6.07, 6.45) is 0. The minimum absolute atomic E-state index is 0.236. The smallest absolute Gasteiger partial charge is 0.358 e. The van der Waals surface area contributed by atoms with Crippen molar-refractivity contribution in [2.24, 2.45) is 0 Å². The summed E-state index contributed by atoms with van der Waals surface area (Å²) in [6, 6.07) is 1.51. The van der Waals surface area contributed by atoms with E-state index in [1.54, 1.807) is 4.68 Å². The van der Waals surface area contributed by atoms with Gasteiger partial charge in [0.25, 0.3) is 0 Å². The Balaban J connectivity index is 3.12. The molecular formula is C9H15N3O2. The van der Waals surface area contributed by atoms with Gasteiger partial charge in [0.15, 0.2) is 5.69 Å². The molecule has 0 saturated heterocycles. The molecule has 5 heteroatoms. The Morgan fingerprint density at radius 3 is 2.50 bits per heavy atom. The Hall–Kier alpha value is -1.52. The Kier molecular flexibility index (Phi) is 2.51.